The third-order valence-corrected chi connectivity index (χ3v) is 2.08. The van der Waals surface area contributed by atoms with E-state index in [4.69, 9.17) is 0 Å². The van der Waals surface area contributed by atoms with Crippen LogP contribution in [-0.4, -0.2) is 29.2 Å². The first kappa shape index (κ1) is 11.9. The van der Waals surface area contributed by atoms with Gasteiger partial charge in [-0.15, -0.1) is 0 Å². The standard InChI is InChI=1S/C10H17NO2/c1-5-9(12)8(4)11(7-3)10(13)6-2/h6,8H,2,5,7H2,1,3-4H3. The zero-order valence-electron chi connectivity index (χ0n) is 8.54. The van der Waals surface area contributed by atoms with Crippen LogP contribution in [0.25, 0.3) is 0 Å². The van der Waals surface area contributed by atoms with E-state index < -0.39 is 0 Å². The highest BCUT2D eigenvalue weighted by Gasteiger charge is 2.20. The Bertz CT molecular complexity index is 211. The largest absolute Gasteiger partial charge is 0.330 e. The van der Waals surface area contributed by atoms with Crippen LogP contribution in [0.2, 0.25) is 0 Å². The molecule has 0 aromatic rings. The van der Waals surface area contributed by atoms with Gasteiger partial charge in [0, 0.05) is 13.0 Å². The number of rotatable bonds is 5. The molecule has 74 valence electrons. The second-order valence-electron chi connectivity index (χ2n) is 2.82. The summed E-state index contributed by atoms with van der Waals surface area (Å²) >= 11 is 0. The van der Waals surface area contributed by atoms with Gasteiger partial charge in [0.05, 0.1) is 6.04 Å². The minimum atomic E-state index is -0.333. The highest BCUT2D eigenvalue weighted by Crippen LogP contribution is 2.03. The van der Waals surface area contributed by atoms with Crippen LogP contribution in [0.1, 0.15) is 27.2 Å². The van der Waals surface area contributed by atoms with Crippen LogP contribution in [-0.2, 0) is 9.59 Å². The van der Waals surface area contributed by atoms with Crippen LogP contribution in [0, 0.1) is 0 Å². The summed E-state index contributed by atoms with van der Waals surface area (Å²) in [5.74, 6) is -0.103. The van der Waals surface area contributed by atoms with Crippen molar-refractivity contribution in [3.8, 4) is 0 Å². The summed E-state index contributed by atoms with van der Waals surface area (Å²) < 4.78 is 0. The molecule has 1 amide bonds. The van der Waals surface area contributed by atoms with E-state index in [2.05, 4.69) is 6.58 Å². The number of carbonyl (C=O) groups is 2. The lowest BCUT2D eigenvalue weighted by Gasteiger charge is -2.25. The third kappa shape index (κ3) is 3.01. The molecule has 0 aromatic carbocycles. The van der Waals surface area contributed by atoms with E-state index >= 15 is 0 Å². The Labute approximate surface area is 79.4 Å². The number of likely N-dealkylation sites (N-methyl/N-ethyl adjacent to an activating group) is 1. The first-order valence-electron chi connectivity index (χ1n) is 4.54. The van der Waals surface area contributed by atoms with Crippen LogP contribution in [0.15, 0.2) is 12.7 Å². The van der Waals surface area contributed by atoms with Crippen LogP contribution >= 0.6 is 0 Å². The van der Waals surface area contributed by atoms with Crippen LogP contribution in [0.5, 0.6) is 0 Å². The second-order valence-corrected chi connectivity index (χ2v) is 2.82. The van der Waals surface area contributed by atoms with E-state index in [-0.39, 0.29) is 17.7 Å². The molecule has 0 saturated carbocycles. The molecule has 0 fully saturated rings. The molecule has 0 radical (unpaired) electrons. The highest BCUT2D eigenvalue weighted by molar-refractivity contribution is 5.93. The second kappa shape index (κ2) is 5.51. The molecule has 1 unspecified atom stereocenters. The molecular formula is C10H17NO2. The number of amides is 1. The van der Waals surface area contributed by atoms with Gasteiger partial charge in [-0.3, -0.25) is 9.59 Å². The van der Waals surface area contributed by atoms with Gasteiger partial charge < -0.3 is 4.90 Å². The van der Waals surface area contributed by atoms with Gasteiger partial charge in [-0.25, -0.2) is 0 Å². The Balaban J connectivity index is 4.48. The number of hydrogen-bond acceptors (Lipinski definition) is 2. The van der Waals surface area contributed by atoms with E-state index in [1.165, 1.54) is 11.0 Å². The van der Waals surface area contributed by atoms with Gasteiger partial charge >= 0.3 is 0 Å². The smallest absolute Gasteiger partial charge is 0.246 e. The average Bonchev–Trinajstić information content (AvgIpc) is 2.17. The molecule has 1 atom stereocenters. The molecule has 0 heterocycles. The van der Waals surface area contributed by atoms with Crippen molar-refractivity contribution in [2.75, 3.05) is 6.54 Å². The fourth-order valence-electron chi connectivity index (χ4n) is 1.21. The van der Waals surface area contributed by atoms with Crippen LogP contribution in [0.3, 0.4) is 0 Å². The van der Waals surface area contributed by atoms with Crippen molar-refractivity contribution in [1.29, 1.82) is 0 Å². The molecule has 0 aliphatic heterocycles. The zero-order valence-corrected chi connectivity index (χ0v) is 8.54. The van der Waals surface area contributed by atoms with Gasteiger partial charge in [0.2, 0.25) is 5.91 Å². The van der Waals surface area contributed by atoms with E-state index in [0.29, 0.717) is 13.0 Å². The fraction of sp³-hybridized carbons (Fsp3) is 0.600. The quantitative estimate of drug-likeness (QED) is 0.604. The van der Waals surface area contributed by atoms with Gasteiger partial charge in [0.1, 0.15) is 0 Å². The molecule has 0 N–H and O–H groups in total. The number of nitrogens with zero attached hydrogens (tertiary/aromatic N) is 1. The first-order valence-corrected chi connectivity index (χ1v) is 4.54. The average molecular weight is 183 g/mol. The van der Waals surface area contributed by atoms with Crippen molar-refractivity contribution in [1.82, 2.24) is 4.90 Å². The Kier molecular flexibility index (Phi) is 5.04. The maximum absolute atomic E-state index is 11.3. The molecule has 0 rings (SSSR count). The fourth-order valence-corrected chi connectivity index (χ4v) is 1.21. The van der Waals surface area contributed by atoms with Crippen molar-refractivity contribution in [2.24, 2.45) is 0 Å². The minimum absolute atomic E-state index is 0.0806. The van der Waals surface area contributed by atoms with Gasteiger partial charge in [0.15, 0.2) is 5.78 Å². The van der Waals surface area contributed by atoms with Crippen molar-refractivity contribution in [3.05, 3.63) is 12.7 Å². The van der Waals surface area contributed by atoms with Gasteiger partial charge in [-0.05, 0) is 19.9 Å². The topological polar surface area (TPSA) is 37.4 Å². The molecule has 0 aliphatic rings. The van der Waals surface area contributed by atoms with Gasteiger partial charge in [-0.2, -0.15) is 0 Å². The molecule has 0 aromatic heterocycles. The van der Waals surface area contributed by atoms with E-state index in [1.54, 1.807) is 13.8 Å². The lowest BCUT2D eigenvalue weighted by molar-refractivity contribution is -0.135. The van der Waals surface area contributed by atoms with Gasteiger partial charge in [-0.1, -0.05) is 13.5 Å². The van der Waals surface area contributed by atoms with Crippen molar-refractivity contribution in [2.45, 2.75) is 33.2 Å². The summed E-state index contributed by atoms with van der Waals surface area (Å²) in [5, 5.41) is 0. The normalized spacial score (nSPS) is 11.9. The Morgan fingerprint density at radius 3 is 2.31 bits per heavy atom. The van der Waals surface area contributed by atoms with E-state index in [0.717, 1.165) is 0 Å². The Morgan fingerprint density at radius 2 is 2.00 bits per heavy atom. The van der Waals surface area contributed by atoms with Crippen LogP contribution < -0.4 is 0 Å². The molecule has 0 saturated heterocycles. The Hall–Kier alpha value is -1.12. The summed E-state index contributed by atoms with van der Waals surface area (Å²) in [5.41, 5.74) is 0. The lowest BCUT2D eigenvalue weighted by Crippen LogP contribution is -2.42. The number of ketones is 1. The Morgan fingerprint density at radius 1 is 1.46 bits per heavy atom. The van der Waals surface area contributed by atoms with Gasteiger partial charge in [0.25, 0.3) is 0 Å². The number of hydrogen-bond donors (Lipinski definition) is 0. The summed E-state index contributed by atoms with van der Waals surface area (Å²) in [6.45, 7) is 9.33. The monoisotopic (exact) mass is 183 g/mol. The van der Waals surface area contributed by atoms with Crippen LogP contribution in [0.4, 0.5) is 0 Å². The molecule has 0 spiro atoms. The number of carbonyl (C=O) groups excluding carboxylic acids is 2. The molecular weight excluding hydrogens is 166 g/mol. The maximum atomic E-state index is 11.3. The lowest BCUT2D eigenvalue weighted by atomic mass is 10.1. The summed E-state index contributed by atoms with van der Waals surface area (Å²) in [7, 11) is 0. The minimum Gasteiger partial charge on any atom is -0.330 e. The number of Topliss-reactive ketones (excluding diaryl/α,β-unsaturated/α-hetero) is 1. The zero-order chi connectivity index (χ0) is 10.4. The van der Waals surface area contributed by atoms with Crippen molar-refractivity contribution >= 4 is 11.7 Å². The SMILES string of the molecule is C=CC(=O)N(CC)C(C)C(=O)CC. The van der Waals surface area contributed by atoms with Crippen molar-refractivity contribution < 1.29 is 9.59 Å². The summed E-state index contributed by atoms with van der Waals surface area (Å²) in [4.78, 5) is 24.1. The molecule has 3 nitrogen and oxygen atoms in total. The van der Waals surface area contributed by atoms with E-state index in [1.807, 2.05) is 6.92 Å². The van der Waals surface area contributed by atoms with E-state index in [9.17, 15) is 9.59 Å². The summed E-state index contributed by atoms with van der Waals surface area (Å²) in [6, 6.07) is -0.333. The molecule has 0 bridgehead atoms. The third-order valence-electron chi connectivity index (χ3n) is 2.08. The maximum Gasteiger partial charge on any atom is 0.246 e. The predicted octanol–water partition coefficient (Wildman–Crippen LogP) is 1.39. The summed E-state index contributed by atoms with van der Waals surface area (Å²) in [6.07, 6.45) is 1.70. The van der Waals surface area contributed by atoms with Crippen molar-refractivity contribution in [3.63, 3.8) is 0 Å². The first-order chi connectivity index (χ1) is 6.08. The molecule has 3 heteroatoms. The highest BCUT2D eigenvalue weighted by atomic mass is 16.2. The molecule has 0 aliphatic carbocycles. The molecule has 13 heavy (non-hydrogen) atoms. The predicted molar refractivity (Wildman–Crippen MR) is 52.3 cm³/mol.